The zero-order valence-electron chi connectivity index (χ0n) is 11.8. The van der Waals surface area contributed by atoms with Gasteiger partial charge in [-0.3, -0.25) is 4.79 Å². The van der Waals surface area contributed by atoms with Crippen LogP contribution >= 0.6 is 11.3 Å². The van der Waals surface area contributed by atoms with E-state index in [0.717, 1.165) is 22.4 Å². The van der Waals surface area contributed by atoms with Crippen LogP contribution in [0.5, 0.6) is 0 Å². The minimum absolute atomic E-state index is 0.0340. The smallest absolute Gasteiger partial charge is 0.228 e. The van der Waals surface area contributed by atoms with Crippen LogP contribution in [0, 0.1) is 18.8 Å². The highest BCUT2D eigenvalue weighted by atomic mass is 32.1. The number of hydrogen-bond acceptors (Lipinski definition) is 3. The number of benzene rings is 1. The molecule has 1 aromatic carbocycles. The maximum Gasteiger partial charge on any atom is 0.228 e. The number of thiophene rings is 1. The van der Waals surface area contributed by atoms with Crippen LogP contribution in [0.15, 0.2) is 35.0 Å². The maximum atomic E-state index is 12.0. The number of hydrogen-bond donors (Lipinski definition) is 2. The zero-order valence-corrected chi connectivity index (χ0v) is 12.7. The molecule has 4 heteroatoms. The number of carbonyl (C=O) groups is 1. The lowest BCUT2D eigenvalue weighted by atomic mass is 10.1. The third kappa shape index (κ3) is 5.07. The van der Waals surface area contributed by atoms with Gasteiger partial charge in [0.05, 0.1) is 13.0 Å². The molecule has 108 valence electrons. The van der Waals surface area contributed by atoms with Crippen molar-refractivity contribution in [2.45, 2.75) is 19.8 Å². The fraction of sp³-hybridized carbons (Fsp3) is 0.235. The molecule has 0 saturated heterocycles. The standard InChI is InChI=1S/C17H17NO2S/c1-13-8-14(4-2-3-6-19)10-16(9-13)18-17(20)11-15-5-7-21-12-15/h5,7-10,12,19H,3,6,11H2,1H3,(H,18,20). The Kier molecular flexibility index (Phi) is 5.56. The van der Waals surface area contributed by atoms with Gasteiger partial charge in [-0.1, -0.05) is 11.8 Å². The second-order valence-corrected chi connectivity index (χ2v) is 5.50. The van der Waals surface area contributed by atoms with E-state index in [9.17, 15) is 4.79 Å². The normalized spacial score (nSPS) is 9.81. The average Bonchev–Trinajstić information content (AvgIpc) is 2.91. The van der Waals surface area contributed by atoms with Crippen LogP contribution in [0.1, 0.15) is 23.1 Å². The summed E-state index contributed by atoms with van der Waals surface area (Å²) in [7, 11) is 0. The van der Waals surface area contributed by atoms with Crippen LogP contribution in [0.2, 0.25) is 0 Å². The summed E-state index contributed by atoms with van der Waals surface area (Å²) in [5, 5.41) is 15.6. The van der Waals surface area contributed by atoms with E-state index in [4.69, 9.17) is 5.11 Å². The number of anilines is 1. The highest BCUT2D eigenvalue weighted by molar-refractivity contribution is 7.08. The Morgan fingerprint density at radius 3 is 2.95 bits per heavy atom. The molecule has 0 saturated carbocycles. The molecule has 0 unspecified atom stereocenters. The summed E-state index contributed by atoms with van der Waals surface area (Å²) < 4.78 is 0. The Morgan fingerprint density at radius 1 is 1.38 bits per heavy atom. The first kappa shape index (κ1) is 15.3. The summed E-state index contributed by atoms with van der Waals surface area (Å²) >= 11 is 1.59. The first-order chi connectivity index (χ1) is 10.2. The number of aryl methyl sites for hydroxylation is 1. The molecule has 0 aliphatic rings. The SMILES string of the molecule is Cc1cc(C#CCCO)cc(NC(=O)Cc2ccsc2)c1. The number of amides is 1. The predicted molar refractivity (Wildman–Crippen MR) is 86.4 cm³/mol. The second-order valence-electron chi connectivity index (χ2n) is 4.72. The van der Waals surface area contributed by atoms with Crippen LogP contribution in [0.25, 0.3) is 0 Å². The van der Waals surface area contributed by atoms with Crippen LogP contribution in [0.3, 0.4) is 0 Å². The van der Waals surface area contributed by atoms with E-state index < -0.39 is 0 Å². The molecule has 3 nitrogen and oxygen atoms in total. The van der Waals surface area contributed by atoms with E-state index in [0.29, 0.717) is 12.8 Å². The van der Waals surface area contributed by atoms with Gasteiger partial charge < -0.3 is 10.4 Å². The van der Waals surface area contributed by atoms with Gasteiger partial charge in [0.15, 0.2) is 0 Å². The summed E-state index contributed by atoms with van der Waals surface area (Å²) in [6.07, 6.45) is 0.830. The van der Waals surface area contributed by atoms with Crippen LogP contribution in [-0.2, 0) is 11.2 Å². The second kappa shape index (κ2) is 7.63. The summed E-state index contributed by atoms with van der Waals surface area (Å²) in [5.41, 5.74) is 3.66. The number of aliphatic hydroxyl groups is 1. The minimum Gasteiger partial charge on any atom is -0.395 e. The van der Waals surface area contributed by atoms with Crippen LogP contribution in [0.4, 0.5) is 5.69 Å². The monoisotopic (exact) mass is 299 g/mol. The minimum atomic E-state index is -0.0340. The van der Waals surface area contributed by atoms with Crippen molar-refractivity contribution >= 4 is 22.9 Å². The first-order valence-electron chi connectivity index (χ1n) is 6.70. The van der Waals surface area contributed by atoms with E-state index >= 15 is 0 Å². The van der Waals surface area contributed by atoms with Gasteiger partial charge in [0.25, 0.3) is 0 Å². The van der Waals surface area contributed by atoms with Crippen molar-refractivity contribution in [3.8, 4) is 11.8 Å². The topological polar surface area (TPSA) is 49.3 Å². The Labute approximate surface area is 128 Å². The number of carbonyl (C=O) groups excluding carboxylic acids is 1. The highest BCUT2D eigenvalue weighted by Gasteiger charge is 2.05. The van der Waals surface area contributed by atoms with E-state index in [1.54, 1.807) is 11.3 Å². The molecule has 2 N–H and O–H groups in total. The summed E-state index contributed by atoms with van der Waals surface area (Å²) in [5.74, 6) is 5.84. The Hall–Kier alpha value is -2.09. The van der Waals surface area contributed by atoms with E-state index in [1.807, 2.05) is 41.9 Å². The van der Waals surface area contributed by atoms with Gasteiger partial charge in [-0.25, -0.2) is 0 Å². The van der Waals surface area contributed by atoms with E-state index in [-0.39, 0.29) is 12.5 Å². The molecule has 0 aliphatic heterocycles. The fourth-order valence-electron chi connectivity index (χ4n) is 1.93. The molecular formula is C17H17NO2S. The molecule has 21 heavy (non-hydrogen) atoms. The summed E-state index contributed by atoms with van der Waals surface area (Å²) in [6, 6.07) is 7.68. The van der Waals surface area contributed by atoms with Crippen LogP contribution < -0.4 is 5.32 Å². The first-order valence-corrected chi connectivity index (χ1v) is 7.64. The molecule has 0 radical (unpaired) electrons. The zero-order chi connectivity index (χ0) is 15.1. The predicted octanol–water partition coefficient (Wildman–Crippen LogP) is 2.97. The Bertz CT molecular complexity index is 666. The van der Waals surface area contributed by atoms with Crippen molar-refractivity contribution < 1.29 is 9.90 Å². The third-order valence-electron chi connectivity index (χ3n) is 2.78. The lowest BCUT2D eigenvalue weighted by Crippen LogP contribution is -2.14. The van der Waals surface area contributed by atoms with E-state index in [1.165, 1.54) is 0 Å². The molecule has 0 aliphatic carbocycles. The largest absolute Gasteiger partial charge is 0.395 e. The molecule has 1 heterocycles. The molecule has 0 fully saturated rings. The van der Waals surface area contributed by atoms with Crippen molar-refractivity contribution in [3.63, 3.8) is 0 Å². The van der Waals surface area contributed by atoms with Gasteiger partial charge in [0.1, 0.15) is 0 Å². The van der Waals surface area contributed by atoms with Crippen molar-refractivity contribution in [1.29, 1.82) is 0 Å². The van der Waals surface area contributed by atoms with Crippen molar-refractivity contribution in [1.82, 2.24) is 0 Å². The molecule has 2 rings (SSSR count). The van der Waals surface area contributed by atoms with Crippen LogP contribution in [-0.4, -0.2) is 17.6 Å². The third-order valence-corrected chi connectivity index (χ3v) is 3.51. The molecule has 1 aromatic heterocycles. The van der Waals surface area contributed by atoms with Gasteiger partial charge in [-0.15, -0.1) is 0 Å². The van der Waals surface area contributed by atoms with Crippen molar-refractivity contribution in [2.75, 3.05) is 11.9 Å². The fourth-order valence-corrected chi connectivity index (χ4v) is 2.60. The summed E-state index contributed by atoms with van der Waals surface area (Å²) in [4.78, 5) is 12.0. The van der Waals surface area contributed by atoms with Crippen molar-refractivity contribution in [3.05, 3.63) is 51.7 Å². The summed E-state index contributed by atoms with van der Waals surface area (Å²) in [6.45, 7) is 2.02. The quantitative estimate of drug-likeness (QED) is 0.853. The molecule has 1 amide bonds. The number of aliphatic hydroxyl groups excluding tert-OH is 1. The maximum absolute atomic E-state index is 12.0. The lowest BCUT2D eigenvalue weighted by Gasteiger charge is -2.06. The molecular weight excluding hydrogens is 282 g/mol. The number of rotatable bonds is 4. The van der Waals surface area contributed by atoms with Gasteiger partial charge in [0, 0.05) is 17.7 Å². The van der Waals surface area contributed by atoms with Crippen molar-refractivity contribution in [2.24, 2.45) is 0 Å². The molecule has 0 spiro atoms. The molecule has 0 bridgehead atoms. The molecule has 2 aromatic rings. The van der Waals surface area contributed by atoms with Gasteiger partial charge in [-0.05, 0) is 53.1 Å². The number of nitrogens with one attached hydrogen (secondary N) is 1. The lowest BCUT2D eigenvalue weighted by molar-refractivity contribution is -0.115. The van der Waals surface area contributed by atoms with E-state index in [2.05, 4.69) is 17.2 Å². The highest BCUT2D eigenvalue weighted by Crippen LogP contribution is 2.15. The van der Waals surface area contributed by atoms with Gasteiger partial charge >= 0.3 is 0 Å². The molecule has 0 atom stereocenters. The average molecular weight is 299 g/mol. The Balaban J connectivity index is 2.06. The van der Waals surface area contributed by atoms with Gasteiger partial charge in [0.2, 0.25) is 5.91 Å². The van der Waals surface area contributed by atoms with Gasteiger partial charge in [-0.2, -0.15) is 11.3 Å². The Morgan fingerprint density at radius 2 is 2.24 bits per heavy atom.